The van der Waals surface area contributed by atoms with Gasteiger partial charge in [-0.15, -0.1) is 0 Å². The highest BCUT2D eigenvalue weighted by Gasteiger charge is 2.47. The number of rotatable bonds is 7. The second kappa shape index (κ2) is 5.76. The number of nitrogens with one attached hydrogen (secondary N) is 1. The molecule has 1 aliphatic carbocycles. The molecule has 19 heavy (non-hydrogen) atoms. The molecule has 2 atom stereocenters. The topological polar surface area (TPSA) is 38.3 Å². The van der Waals surface area contributed by atoms with E-state index >= 15 is 0 Å². The van der Waals surface area contributed by atoms with E-state index in [1.807, 2.05) is 6.92 Å². The number of carbonyl (C=O) groups excluding carboxylic acids is 1. The van der Waals surface area contributed by atoms with E-state index in [2.05, 4.69) is 39.6 Å². The van der Waals surface area contributed by atoms with Crippen molar-refractivity contribution in [3.8, 4) is 0 Å². The van der Waals surface area contributed by atoms with Crippen molar-refractivity contribution in [2.75, 3.05) is 0 Å². The molecule has 0 aliphatic heterocycles. The molecule has 3 nitrogen and oxygen atoms in total. The fraction of sp³-hybridized carbons (Fsp3) is 0.812. The summed E-state index contributed by atoms with van der Waals surface area (Å²) in [4.78, 5) is 11.3. The van der Waals surface area contributed by atoms with Gasteiger partial charge in [0.2, 0.25) is 0 Å². The average Bonchev–Trinajstić information content (AvgIpc) is 2.92. The van der Waals surface area contributed by atoms with Crippen LogP contribution in [0.25, 0.3) is 0 Å². The molecule has 110 valence electrons. The van der Waals surface area contributed by atoms with Crippen LogP contribution < -0.4 is 5.32 Å². The first kappa shape index (κ1) is 16.4. The molecule has 0 amide bonds. The molecule has 0 aromatic rings. The van der Waals surface area contributed by atoms with Crippen LogP contribution in [0.5, 0.6) is 0 Å². The SMILES string of the molecule is C=C(CC(C)NC1(OC(C)(C)C)CC1)C(C)C(C)=O. The normalized spacial score (nSPS) is 20.7. The molecule has 1 saturated carbocycles. The summed E-state index contributed by atoms with van der Waals surface area (Å²) in [6.45, 7) is 16.0. The first-order valence-electron chi connectivity index (χ1n) is 7.21. The van der Waals surface area contributed by atoms with Gasteiger partial charge in [0.05, 0.1) is 5.60 Å². The van der Waals surface area contributed by atoms with E-state index in [4.69, 9.17) is 4.74 Å². The van der Waals surface area contributed by atoms with Gasteiger partial charge in [-0.3, -0.25) is 10.1 Å². The van der Waals surface area contributed by atoms with Crippen LogP contribution in [0.3, 0.4) is 0 Å². The van der Waals surface area contributed by atoms with Crippen molar-refractivity contribution in [1.82, 2.24) is 5.32 Å². The minimum atomic E-state index is -0.155. The van der Waals surface area contributed by atoms with Crippen molar-refractivity contribution >= 4 is 5.78 Å². The molecule has 1 rings (SSSR count). The van der Waals surface area contributed by atoms with Crippen molar-refractivity contribution in [3.63, 3.8) is 0 Å². The lowest BCUT2D eigenvalue weighted by Gasteiger charge is -2.31. The smallest absolute Gasteiger partial charge is 0.136 e. The Morgan fingerprint density at radius 3 is 2.26 bits per heavy atom. The van der Waals surface area contributed by atoms with E-state index in [9.17, 15) is 4.79 Å². The summed E-state index contributed by atoms with van der Waals surface area (Å²) in [5, 5.41) is 3.55. The molecule has 1 fully saturated rings. The van der Waals surface area contributed by atoms with Gasteiger partial charge in [0.25, 0.3) is 0 Å². The molecule has 0 spiro atoms. The summed E-state index contributed by atoms with van der Waals surface area (Å²) < 4.78 is 6.09. The third-order valence-electron chi connectivity index (χ3n) is 3.51. The lowest BCUT2D eigenvalue weighted by molar-refractivity contribution is -0.119. The Kier molecular flexibility index (Phi) is 4.97. The Hall–Kier alpha value is -0.670. The van der Waals surface area contributed by atoms with Gasteiger partial charge < -0.3 is 4.74 Å². The molecule has 1 N–H and O–H groups in total. The molecule has 0 heterocycles. The van der Waals surface area contributed by atoms with Gasteiger partial charge in [0.1, 0.15) is 11.5 Å². The van der Waals surface area contributed by atoms with Crippen LogP contribution in [0.15, 0.2) is 12.2 Å². The molecular formula is C16H29NO2. The molecule has 3 heteroatoms. The van der Waals surface area contributed by atoms with Crippen LogP contribution in [-0.2, 0) is 9.53 Å². The van der Waals surface area contributed by atoms with Gasteiger partial charge in [-0.2, -0.15) is 0 Å². The van der Waals surface area contributed by atoms with Gasteiger partial charge in [0, 0.05) is 12.0 Å². The Balaban J connectivity index is 2.46. The number of ketones is 1. The third-order valence-corrected chi connectivity index (χ3v) is 3.51. The largest absolute Gasteiger partial charge is 0.355 e. The summed E-state index contributed by atoms with van der Waals surface area (Å²) in [5.41, 5.74) is 0.712. The molecule has 0 radical (unpaired) electrons. The van der Waals surface area contributed by atoms with E-state index in [0.29, 0.717) is 0 Å². The highest BCUT2D eigenvalue weighted by molar-refractivity contribution is 5.80. The molecule has 0 saturated heterocycles. The summed E-state index contributed by atoms with van der Waals surface area (Å²) >= 11 is 0. The Morgan fingerprint density at radius 1 is 1.37 bits per heavy atom. The minimum Gasteiger partial charge on any atom is -0.355 e. The second-order valence-corrected chi connectivity index (χ2v) is 6.95. The first-order valence-corrected chi connectivity index (χ1v) is 7.21. The average molecular weight is 267 g/mol. The molecule has 0 aromatic heterocycles. The molecule has 0 bridgehead atoms. The highest BCUT2D eigenvalue weighted by Crippen LogP contribution is 2.40. The fourth-order valence-corrected chi connectivity index (χ4v) is 2.33. The van der Waals surface area contributed by atoms with Gasteiger partial charge in [-0.25, -0.2) is 0 Å². The molecular weight excluding hydrogens is 238 g/mol. The van der Waals surface area contributed by atoms with E-state index < -0.39 is 0 Å². The number of Topliss-reactive ketones (excluding diaryl/α,β-unsaturated/α-hetero) is 1. The van der Waals surface area contributed by atoms with E-state index in [0.717, 1.165) is 24.8 Å². The van der Waals surface area contributed by atoms with Crippen molar-refractivity contribution in [2.45, 2.75) is 78.2 Å². The number of hydrogen-bond donors (Lipinski definition) is 1. The zero-order chi connectivity index (χ0) is 14.8. The quantitative estimate of drug-likeness (QED) is 0.567. The predicted octanol–water partition coefficient (Wildman–Crippen LogP) is 3.44. The predicted molar refractivity (Wildman–Crippen MR) is 79.0 cm³/mol. The summed E-state index contributed by atoms with van der Waals surface area (Å²) in [6.07, 6.45) is 2.93. The standard InChI is InChI=1S/C16H29NO2/c1-11(13(3)14(4)18)10-12(2)17-16(8-9-16)19-15(5,6)7/h12-13,17H,1,8-10H2,2-7H3. The van der Waals surface area contributed by atoms with Gasteiger partial charge in [-0.1, -0.05) is 19.1 Å². The van der Waals surface area contributed by atoms with Crippen LogP contribution in [0.4, 0.5) is 0 Å². The number of ether oxygens (including phenoxy) is 1. The maximum Gasteiger partial charge on any atom is 0.136 e. The Bertz CT molecular complexity index is 350. The lowest BCUT2D eigenvalue weighted by atomic mass is 9.93. The molecule has 1 aliphatic rings. The summed E-state index contributed by atoms with van der Waals surface area (Å²) in [5.74, 6) is 0.132. The van der Waals surface area contributed by atoms with Crippen molar-refractivity contribution in [2.24, 2.45) is 5.92 Å². The van der Waals surface area contributed by atoms with Crippen LogP contribution in [0, 0.1) is 5.92 Å². The maximum atomic E-state index is 11.3. The highest BCUT2D eigenvalue weighted by atomic mass is 16.5. The zero-order valence-electron chi connectivity index (χ0n) is 13.3. The number of hydrogen-bond acceptors (Lipinski definition) is 3. The van der Waals surface area contributed by atoms with Crippen LogP contribution in [0.2, 0.25) is 0 Å². The van der Waals surface area contributed by atoms with Crippen molar-refractivity contribution in [1.29, 1.82) is 0 Å². The summed E-state index contributed by atoms with van der Waals surface area (Å²) in [7, 11) is 0. The van der Waals surface area contributed by atoms with E-state index in [1.54, 1.807) is 6.92 Å². The lowest BCUT2D eigenvalue weighted by Crippen LogP contribution is -2.45. The van der Waals surface area contributed by atoms with Crippen LogP contribution in [0.1, 0.15) is 60.8 Å². The van der Waals surface area contributed by atoms with E-state index in [1.165, 1.54) is 0 Å². The number of carbonyl (C=O) groups is 1. The van der Waals surface area contributed by atoms with Crippen LogP contribution in [-0.4, -0.2) is 23.2 Å². The molecule has 0 aromatic carbocycles. The van der Waals surface area contributed by atoms with Crippen molar-refractivity contribution in [3.05, 3.63) is 12.2 Å². The maximum absolute atomic E-state index is 11.3. The molecule has 2 unspecified atom stereocenters. The van der Waals surface area contributed by atoms with Gasteiger partial charge in [-0.05, 0) is 53.9 Å². The zero-order valence-corrected chi connectivity index (χ0v) is 13.3. The third kappa shape index (κ3) is 5.45. The van der Waals surface area contributed by atoms with E-state index in [-0.39, 0.29) is 29.1 Å². The second-order valence-electron chi connectivity index (χ2n) is 6.95. The summed E-state index contributed by atoms with van der Waals surface area (Å²) in [6, 6.07) is 0.277. The van der Waals surface area contributed by atoms with Crippen LogP contribution >= 0.6 is 0 Å². The van der Waals surface area contributed by atoms with Crippen molar-refractivity contribution < 1.29 is 9.53 Å². The minimum absolute atomic E-state index is 0.0528. The first-order chi connectivity index (χ1) is 8.55. The van der Waals surface area contributed by atoms with Gasteiger partial charge in [0.15, 0.2) is 0 Å². The fourth-order valence-electron chi connectivity index (χ4n) is 2.33. The Labute approximate surface area is 117 Å². The Morgan fingerprint density at radius 2 is 1.89 bits per heavy atom. The monoisotopic (exact) mass is 267 g/mol. The van der Waals surface area contributed by atoms with Gasteiger partial charge >= 0.3 is 0 Å².